The Morgan fingerprint density at radius 2 is 1.38 bits per heavy atom. The number of hydrogen-bond acceptors (Lipinski definition) is 4. The average Bonchev–Trinajstić information content (AvgIpc) is 2.57. The molecule has 156 valence electrons. The molecule has 1 aliphatic rings. The Balaban J connectivity index is 1.95. The molecule has 0 aromatic rings. The molecule has 1 saturated heterocycles. The van der Waals surface area contributed by atoms with Gasteiger partial charge in [0.1, 0.15) is 0 Å². The number of rotatable bonds is 14. The second kappa shape index (κ2) is 15.1. The second-order valence-electron chi connectivity index (χ2n) is 8.13. The molecule has 0 radical (unpaired) electrons. The monoisotopic (exact) mass is 389 g/mol. The Hall–Kier alpha value is 0.110. The Labute approximate surface area is 162 Å². The maximum absolute atomic E-state index is 12.2. The van der Waals surface area contributed by atoms with Gasteiger partial charge in [-0.2, -0.15) is 0 Å². The normalized spacial score (nSPS) is 25.1. The lowest BCUT2D eigenvalue weighted by molar-refractivity contribution is 0.0768. The smallest absolute Gasteiger partial charge is 0.307 e. The summed E-state index contributed by atoms with van der Waals surface area (Å²) in [6, 6.07) is 0. The fraction of sp³-hybridized carbons (Fsp3) is 1.00. The van der Waals surface area contributed by atoms with Crippen molar-refractivity contribution < 1.29 is 13.6 Å². The molecule has 0 amide bonds. The molecule has 1 heterocycles. The lowest BCUT2D eigenvalue weighted by Gasteiger charge is -2.30. The van der Waals surface area contributed by atoms with E-state index in [0.29, 0.717) is 6.61 Å². The number of nitrogens with zero attached hydrogens (tertiary/aromatic N) is 1. The molecule has 0 aromatic heterocycles. The van der Waals surface area contributed by atoms with Crippen LogP contribution < -0.4 is 0 Å². The second-order valence-corrected chi connectivity index (χ2v) is 10.1. The van der Waals surface area contributed by atoms with Crippen molar-refractivity contribution in [2.24, 2.45) is 0 Å². The maximum Gasteiger partial charge on any atom is 0.327 e. The molecule has 0 aromatic carbocycles. The third-order valence-electron chi connectivity index (χ3n) is 5.28. The summed E-state index contributed by atoms with van der Waals surface area (Å²) in [5.41, 5.74) is 0. The van der Waals surface area contributed by atoms with Crippen molar-refractivity contribution >= 4 is 7.60 Å². The van der Waals surface area contributed by atoms with Gasteiger partial charge in [-0.15, -0.1) is 0 Å². The molecular weight excluding hydrogens is 345 g/mol. The summed E-state index contributed by atoms with van der Waals surface area (Å²) < 4.78 is 23.3. The van der Waals surface area contributed by atoms with Gasteiger partial charge in [-0.25, -0.2) is 0 Å². The van der Waals surface area contributed by atoms with Crippen LogP contribution in [0.2, 0.25) is 0 Å². The SMILES string of the molecule is CCCCCCCCCCCCCCC[C@H]1CN(C)CCO[P@@](C)(=O)O1. The van der Waals surface area contributed by atoms with Crippen LogP contribution in [-0.4, -0.2) is 44.4 Å². The third kappa shape index (κ3) is 13.3. The van der Waals surface area contributed by atoms with E-state index < -0.39 is 7.60 Å². The minimum absolute atomic E-state index is 0.0452. The van der Waals surface area contributed by atoms with Crippen molar-refractivity contribution in [2.75, 3.05) is 33.4 Å². The number of hydrogen-bond donors (Lipinski definition) is 0. The molecule has 0 bridgehead atoms. The molecule has 0 N–H and O–H groups in total. The van der Waals surface area contributed by atoms with Crippen LogP contribution in [0.3, 0.4) is 0 Å². The first-order chi connectivity index (χ1) is 12.5. The van der Waals surface area contributed by atoms with Crippen molar-refractivity contribution in [3.63, 3.8) is 0 Å². The van der Waals surface area contributed by atoms with Gasteiger partial charge in [0.25, 0.3) is 0 Å². The molecule has 4 nitrogen and oxygen atoms in total. The summed E-state index contributed by atoms with van der Waals surface area (Å²) in [4.78, 5) is 2.21. The molecular formula is C21H44NO3P. The highest BCUT2D eigenvalue weighted by Crippen LogP contribution is 2.46. The summed E-state index contributed by atoms with van der Waals surface area (Å²) in [6.45, 7) is 6.07. The molecule has 0 aliphatic carbocycles. The van der Waals surface area contributed by atoms with Gasteiger partial charge < -0.3 is 13.9 Å². The fourth-order valence-corrected chi connectivity index (χ4v) is 4.86. The van der Waals surface area contributed by atoms with Crippen LogP contribution in [0.15, 0.2) is 0 Å². The van der Waals surface area contributed by atoms with E-state index in [1.807, 2.05) is 0 Å². The Kier molecular flexibility index (Phi) is 14.0. The minimum atomic E-state index is -2.85. The van der Waals surface area contributed by atoms with Crippen LogP contribution in [-0.2, 0) is 13.6 Å². The zero-order valence-corrected chi connectivity index (χ0v) is 18.6. The van der Waals surface area contributed by atoms with Crippen molar-refractivity contribution in [1.82, 2.24) is 4.90 Å². The number of unbranched alkanes of at least 4 members (excludes halogenated alkanes) is 12. The zero-order valence-electron chi connectivity index (χ0n) is 17.7. The largest absolute Gasteiger partial charge is 0.327 e. The van der Waals surface area contributed by atoms with E-state index in [9.17, 15) is 4.57 Å². The van der Waals surface area contributed by atoms with Gasteiger partial charge >= 0.3 is 7.60 Å². The van der Waals surface area contributed by atoms with Gasteiger partial charge in [-0.3, -0.25) is 4.57 Å². The standard InChI is InChI=1S/C21H44NO3P/c1-4-5-6-7-8-9-10-11-12-13-14-15-16-17-21-20-22(2)18-19-24-26(3,23)25-21/h21H,4-20H2,1-3H3/t21-,26+/m0/s1. The van der Waals surface area contributed by atoms with E-state index in [4.69, 9.17) is 9.05 Å². The van der Waals surface area contributed by atoms with E-state index in [-0.39, 0.29) is 6.10 Å². The van der Waals surface area contributed by atoms with Crippen LogP contribution in [0, 0.1) is 0 Å². The molecule has 1 aliphatic heterocycles. The summed E-state index contributed by atoms with van der Waals surface area (Å²) >= 11 is 0. The maximum atomic E-state index is 12.2. The molecule has 0 saturated carbocycles. The summed E-state index contributed by atoms with van der Waals surface area (Å²) in [5, 5.41) is 0. The van der Waals surface area contributed by atoms with Crippen molar-refractivity contribution in [1.29, 1.82) is 0 Å². The van der Waals surface area contributed by atoms with Crippen LogP contribution in [0.4, 0.5) is 0 Å². The van der Waals surface area contributed by atoms with E-state index in [1.165, 1.54) is 77.0 Å². The van der Waals surface area contributed by atoms with Crippen LogP contribution in [0.1, 0.15) is 96.8 Å². The summed E-state index contributed by atoms with van der Waals surface area (Å²) in [5.74, 6) is 0. The first-order valence-corrected chi connectivity index (χ1v) is 13.1. The van der Waals surface area contributed by atoms with Gasteiger partial charge in [0.15, 0.2) is 0 Å². The van der Waals surface area contributed by atoms with Crippen molar-refractivity contribution in [3.8, 4) is 0 Å². The van der Waals surface area contributed by atoms with Gasteiger partial charge in [0.2, 0.25) is 0 Å². The Morgan fingerprint density at radius 3 is 1.92 bits per heavy atom. The van der Waals surface area contributed by atoms with E-state index in [0.717, 1.165) is 25.9 Å². The first-order valence-electron chi connectivity index (χ1n) is 11.1. The van der Waals surface area contributed by atoms with E-state index in [2.05, 4.69) is 18.9 Å². The molecule has 1 fully saturated rings. The topological polar surface area (TPSA) is 38.8 Å². The van der Waals surface area contributed by atoms with Gasteiger partial charge in [-0.05, 0) is 13.5 Å². The van der Waals surface area contributed by atoms with E-state index in [1.54, 1.807) is 6.66 Å². The van der Waals surface area contributed by atoms with Gasteiger partial charge in [-0.1, -0.05) is 90.4 Å². The lowest BCUT2D eigenvalue weighted by Crippen LogP contribution is -2.35. The van der Waals surface area contributed by atoms with Crippen LogP contribution in [0.5, 0.6) is 0 Å². The fourth-order valence-electron chi connectivity index (χ4n) is 3.67. The molecule has 0 unspecified atom stereocenters. The summed E-state index contributed by atoms with van der Waals surface area (Å²) in [6.07, 6.45) is 18.8. The van der Waals surface area contributed by atoms with Crippen LogP contribution >= 0.6 is 7.60 Å². The Bertz CT molecular complexity index is 378. The number of likely N-dealkylation sites (N-methyl/N-ethyl adjacent to an activating group) is 1. The first kappa shape index (κ1) is 24.1. The van der Waals surface area contributed by atoms with Crippen LogP contribution in [0.25, 0.3) is 0 Å². The molecule has 5 heteroatoms. The third-order valence-corrected chi connectivity index (χ3v) is 6.62. The highest BCUT2D eigenvalue weighted by molar-refractivity contribution is 7.53. The quantitative estimate of drug-likeness (QED) is 0.247. The summed E-state index contributed by atoms with van der Waals surface area (Å²) in [7, 11) is -0.775. The zero-order chi connectivity index (χ0) is 19.1. The highest BCUT2D eigenvalue weighted by atomic mass is 31.2. The molecule has 1 rings (SSSR count). The highest BCUT2D eigenvalue weighted by Gasteiger charge is 2.26. The van der Waals surface area contributed by atoms with E-state index >= 15 is 0 Å². The van der Waals surface area contributed by atoms with Crippen molar-refractivity contribution in [3.05, 3.63) is 0 Å². The Morgan fingerprint density at radius 1 is 0.885 bits per heavy atom. The molecule has 26 heavy (non-hydrogen) atoms. The average molecular weight is 390 g/mol. The molecule has 0 spiro atoms. The van der Waals surface area contributed by atoms with Gasteiger partial charge in [0, 0.05) is 19.8 Å². The predicted octanol–water partition coefficient (Wildman–Crippen LogP) is 6.64. The van der Waals surface area contributed by atoms with Gasteiger partial charge in [0.05, 0.1) is 12.7 Å². The minimum Gasteiger partial charge on any atom is -0.307 e. The predicted molar refractivity (Wildman–Crippen MR) is 112 cm³/mol. The van der Waals surface area contributed by atoms with Crippen molar-refractivity contribution in [2.45, 2.75) is 103 Å². The molecule has 2 atom stereocenters. The lowest BCUT2D eigenvalue weighted by atomic mass is 10.0.